The summed E-state index contributed by atoms with van der Waals surface area (Å²) in [6.07, 6.45) is 2.92. The number of hydrogen-bond acceptors (Lipinski definition) is 5. The average Bonchev–Trinajstić information content (AvgIpc) is 2.89. The molecule has 0 bridgehead atoms. The molecule has 1 aromatic heterocycles. The zero-order valence-electron chi connectivity index (χ0n) is 15.1. The smallest absolute Gasteiger partial charge is 0.341 e. The van der Waals surface area contributed by atoms with Gasteiger partial charge in [0.2, 0.25) is 5.91 Å². The number of amides is 1. The normalized spacial score (nSPS) is 16.8. The number of hydrogen-bond donors (Lipinski definition) is 1. The monoisotopic (exact) mass is 352 g/mol. The first-order chi connectivity index (χ1) is 11.5. The van der Waals surface area contributed by atoms with Crippen LogP contribution in [0.15, 0.2) is 0 Å². The van der Waals surface area contributed by atoms with Gasteiger partial charge in [-0.1, -0.05) is 20.8 Å². The molecule has 1 aliphatic rings. The van der Waals surface area contributed by atoms with Crippen LogP contribution in [0.2, 0.25) is 0 Å². The van der Waals surface area contributed by atoms with Crippen molar-refractivity contribution in [3.8, 4) is 0 Å². The third-order valence-electron chi connectivity index (χ3n) is 4.51. The van der Waals surface area contributed by atoms with Crippen LogP contribution in [0.25, 0.3) is 0 Å². The maximum absolute atomic E-state index is 12.4. The van der Waals surface area contributed by atoms with Crippen LogP contribution in [0.5, 0.6) is 0 Å². The summed E-state index contributed by atoms with van der Waals surface area (Å²) in [5, 5.41) is 3.62. The summed E-state index contributed by atoms with van der Waals surface area (Å²) in [6.45, 7) is 10.4. The summed E-state index contributed by atoms with van der Waals surface area (Å²) in [5.41, 5.74) is 1.66. The number of esters is 1. The highest BCUT2D eigenvalue weighted by Crippen LogP contribution is 2.40. The molecule has 1 N–H and O–H groups in total. The molecule has 0 spiro atoms. The van der Waals surface area contributed by atoms with Gasteiger partial charge in [0.05, 0.1) is 18.7 Å². The van der Waals surface area contributed by atoms with Gasteiger partial charge in [-0.2, -0.15) is 0 Å². The van der Waals surface area contributed by atoms with E-state index in [-0.39, 0.29) is 11.9 Å². The Balaban J connectivity index is 2.24. The van der Waals surface area contributed by atoms with E-state index in [1.54, 1.807) is 6.92 Å². The lowest BCUT2D eigenvalue weighted by atomic mass is 9.88. The van der Waals surface area contributed by atoms with Gasteiger partial charge in [0.25, 0.3) is 0 Å². The number of thiophene rings is 1. The minimum absolute atomic E-state index is 0.0732. The van der Waals surface area contributed by atoms with Gasteiger partial charge in [-0.3, -0.25) is 9.69 Å². The van der Waals surface area contributed by atoms with Crippen molar-refractivity contribution < 1.29 is 14.3 Å². The lowest BCUT2D eigenvalue weighted by Crippen LogP contribution is -2.33. The van der Waals surface area contributed by atoms with Gasteiger partial charge in [-0.15, -0.1) is 11.3 Å². The van der Waals surface area contributed by atoms with E-state index < -0.39 is 0 Å². The molecule has 2 rings (SSSR count). The number of ether oxygens (including phenoxy) is 1. The molecule has 0 saturated carbocycles. The van der Waals surface area contributed by atoms with Crippen LogP contribution in [0.1, 0.15) is 54.9 Å². The number of carbonyl (C=O) groups excluding carboxylic acids is 2. The van der Waals surface area contributed by atoms with Gasteiger partial charge in [0.1, 0.15) is 5.00 Å². The molecule has 1 atom stereocenters. The van der Waals surface area contributed by atoms with Crippen LogP contribution < -0.4 is 5.32 Å². The van der Waals surface area contributed by atoms with Gasteiger partial charge >= 0.3 is 5.97 Å². The molecule has 1 heterocycles. The second-order valence-corrected chi connectivity index (χ2v) is 7.39. The highest BCUT2D eigenvalue weighted by molar-refractivity contribution is 7.17. The molecule has 0 aliphatic heterocycles. The van der Waals surface area contributed by atoms with Crippen molar-refractivity contribution >= 4 is 28.2 Å². The van der Waals surface area contributed by atoms with E-state index in [0.29, 0.717) is 29.6 Å². The maximum atomic E-state index is 12.4. The molecule has 6 heteroatoms. The number of rotatable bonds is 7. The van der Waals surface area contributed by atoms with E-state index in [4.69, 9.17) is 4.74 Å². The molecular weight excluding hydrogens is 324 g/mol. The zero-order valence-corrected chi connectivity index (χ0v) is 15.9. The van der Waals surface area contributed by atoms with E-state index in [0.717, 1.165) is 37.9 Å². The van der Waals surface area contributed by atoms with Crippen LogP contribution in [-0.2, 0) is 22.4 Å². The first kappa shape index (κ1) is 18.9. The summed E-state index contributed by atoms with van der Waals surface area (Å²) in [4.78, 5) is 28.0. The first-order valence-corrected chi connectivity index (χ1v) is 9.65. The molecule has 0 saturated heterocycles. The fourth-order valence-corrected chi connectivity index (χ4v) is 4.49. The average molecular weight is 353 g/mol. The second kappa shape index (κ2) is 8.62. The number of nitrogens with zero attached hydrogens (tertiary/aromatic N) is 1. The molecule has 0 unspecified atom stereocenters. The van der Waals surface area contributed by atoms with Gasteiger partial charge in [-0.25, -0.2) is 4.79 Å². The Morgan fingerprint density at radius 2 is 2.00 bits per heavy atom. The summed E-state index contributed by atoms with van der Waals surface area (Å²) >= 11 is 1.54. The largest absolute Gasteiger partial charge is 0.462 e. The van der Waals surface area contributed by atoms with E-state index in [1.165, 1.54) is 16.2 Å². The fraction of sp³-hybridized carbons (Fsp3) is 0.667. The molecule has 1 amide bonds. The fourth-order valence-electron chi connectivity index (χ4n) is 3.07. The molecule has 0 fully saturated rings. The Morgan fingerprint density at radius 1 is 1.29 bits per heavy atom. The molecule has 134 valence electrons. The Hall–Kier alpha value is -1.40. The lowest BCUT2D eigenvalue weighted by Gasteiger charge is -2.18. The maximum Gasteiger partial charge on any atom is 0.341 e. The number of carbonyl (C=O) groups is 2. The van der Waals surface area contributed by atoms with Crippen molar-refractivity contribution in [1.29, 1.82) is 0 Å². The molecule has 24 heavy (non-hydrogen) atoms. The lowest BCUT2D eigenvalue weighted by molar-refractivity contribution is -0.117. The highest BCUT2D eigenvalue weighted by atomic mass is 32.1. The van der Waals surface area contributed by atoms with E-state index >= 15 is 0 Å². The zero-order chi connectivity index (χ0) is 17.7. The summed E-state index contributed by atoms with van der Waals surface area (Å²) in [5.74, 6) is 0.226. The van der Waals surface area contributed by atoms with E-state index in [2.05, 4.69) is 17.1 Å². The van der Waals surface area contributed by atoms with Gasteiger partial charge in [0, 0.05) is 4.88 Å². The molecule has 0 radical (unpaired) electrons. The highest BCUT2D eigenvalue weighted by Gasteiger charge is 2.29. The van der Waals surface area contributed by atoms with Gasteiger partial charge in [-0.05, 0) is 50.8 Å². The van der Waals surface area contributed by atoms with Gasteiger partial charge in [0.15, 0.2) is 0 Å². The van der Waals surface area contributed by atoms with Crippen LogP contribution in [0.3, 0.4) is 0 Å². The molecular formula is C18H28N2O3S. The first-order valence-electron chi connectivity index (χ1n) is 8.83. The molecule has 1 aromatic rings. The van der Waals surface area contributed by atoms with Crippen molar-refractivity contribution in [2.75, 3.05) is 31.6 Å². The minimum Gasteiger partial charge on any atom is -0.462 e. The van der Waals surface area contributed by atoms with Crippen LogP contribution in [0.4, 0.5) is 5.00 Å². The van der Waals surface area contributed by atoms with E-state index in [1.807, 2.05) is 13.8 Å². The van der Waals surface area contributed by atoms with Crippen molar-refractivity contribution in [3.63, 3.8) is 0 Å². The third-order valence-corrected chi connectivity index (χ3v) is 5.68. The Morgan fingerprint density at radius 3 is 2.62 bits per heavy atom. The SMILES string of the molecule is CCOC(=O)c1c(NC(=O)CN(CC)CC)sc2c1CC[C@@H](C)C2. The van der Waals surface area contributed by atoms with Crippen LogP contribution in [0, 0.1) is 5.92 Å². The number of nitrogens with one attached hydrogen (secondary N) is 1. The second-order valence-electron chi connectivity index (χ2n) is 6.29. The van der Waals surface area contributed by atoms with Crippen LogP contribution in [-0.4, -0.2) is 43.0 Å². The van der Waals surface area contributed by atoms with Crippen LogP contribution >= 0.6 is 11.3 Å². The summed E-state index contributed by atoms with van der Waals surface area (Å²) in [6, 6.07) is 0. The quantitative estimate of drug-likeness (QED) is 0.765. The van der Waals surface area contributed by atoms with Crippen molar-refractivity contribution in [3.05, 3.63) is 16.0 Å². The number of anilines is 1. The summed E-state index contributed by atoms with van der Waals surface area (Å²) in [7, 11) is 0. The topological polar surface area (TPSA) is 58.6 Å². The van der Waals surface area contributed by atoms with E-state index in [9.17, 15) is 9.59 Å². The molecule has 0 aromatic carbocycles. The Bertz CT molecular complexity index is 593. The predicted molar refractivity (Wildman–Crippen MR) is 97.9 cm³/mol. The number of fused-ring (bicyclic) bond motifs is 1. The van der Waals surface area contributed by atoms with Crippen molar-refractivity contribution in [2.45, 2.75) is 47.0 Å². The molecule has 1 aliphatic carbocycles. The Kier molecular flexibility index (Phi) is 6.80. The number of likely N-dealkylation sites (N-methyl/N-ethyl adjacent to an activating group) is 1. The standard InChI is InChI=1S/C18H28N2O3S/c1-5-20(6-2)11-15(21)19-17-16(18(22)23-7-3)13-9-8-12(4)10-14(13)24-17/h12H,5-11H2,1-4H3,(H,19,21)/t12-/m1/s1. The Labute approximate surface area is 148 Å². The predicted octanol–water partition coefficient (Wildman–Crippen LogP) is 3.33. The van der Waals surface area contributed by atoms with Gasteiger partial charge < -0.3 is 10.1 Å². The van der Waals surface area contributed by atoms with Crippen molar-refractivity contribution in [1.82, 2.24) is 4.90 Å². The third kappa shape index (κ3) is 4.36. The molecule has 5 nitrogen and oxygen atoms in total. The summed E-state index contributed by atoms with van der Waals surface area (Å²) < 4.78 is 5.23. The van der Waals surface area contributed by atoms with Crippen molar-refractivity contribution in [2.24, 2.45) is 5.92 Å². The minimum atomic E-state index is -0.317.